The van der Waals surface area contributed by atoms with Gasteiger partial charge in [0, 0.05) is 13.7 Å². The van der Waals surface area contributed by atoms with Crippen LogP contribution in [0.15, 0.2) is 0 Å². The van der Waals surface area contributed by atoms with Crippen molar-refractivity contribution in [2.24, 2.45) is 5.92 Å². The van der Waals surface area contributed by atoms with Crippen LogP contribution in [0.25, 0.3) is 0 Å². The monoisotopic (exact) mass is 246 g/mol. The van der Waals surface area contributed by atoms with Gasteiger partial charge in [-0.05, 0) is 20.8 Å². The minimum atomic E-state index is -0.536. The zero-order chi connectivity index (χ0) is 13.5. The maximum atomic E-state index is 11.4. The van der Waals surface area contributed by atoms with E-state index in [9.17, 15) is 9.59 Å². The summed E-state index contributed by atoms with van der Waals surface area (Å²) in [5.41, 5.74) is -0.536. The van der Waals surface area contributed by atoms with Gasteiger partial charge in [-0.2, -0.15) is 0 Å². The first-order chi connectivity index (χ1) is 7.76. The van der Waals surface area contributed by atoms with Gasteiger partial charge in [0.05, 0.1) is 5.92 Å². The number of ether oxygens (including phenoxy) is 2. The van der Waals surface area contributed by atoms with Gasteiger partial charge in [0.1, 0.15) is 12.3 Å². The summed E-state index contributed by atoms with van der Waals surface area (Å²) in [6.45, 7) is 7.44. The molecule has 0 aliphatic heterocycles. The van der Waals surface area contributed by atoms with Gasteiger partial charge in [0.15, 0.2) is 0 Å². The zero-order valence-corrected chi connectivity index (χ0v) is 11.1. The number of amides is 2. The van der Waals surface area contributed by atoms with Crippen LogP contribution in [0.1, 0.15) is 27.7 Å². The lowest BCUT2D eigenvalue weighted by molar-refractivity contribution is -0.125. The van der Waals surface area contributed by atoms with Crippen molar-refractivity contribution in [3.63, 3.8) is 0 Å². The van der Waals surface area contributed by atoms with Crippen LogP contribution in [-0.2, 0) is 14.3 Å². The molecule has 6 heteroatoms. The standard InChI is InChI=1S/C11H22N2O4/c1-8(9(14)13-7-16-5)6-12-10(15)17-11(2,3)4/h8H,6-7H2,1-5H3,(H,12,15)(H,13,14). The summed E-state index contributed by atoms with van der Waals surface area (Å²) in [5, 5.41) is 5.08. The first-order valence-electron chi connectivity index (χ1n) is 5.49. The van der Waals surface area contributed by atoms with E-state index in [2.05, 4.69) is 10.6 Å². The maximum absolute atomic E-state index is 11.4. The van der Waals surface area contributed by atoms with E-state index in [0.29, 0.717) is 0 Å². The molecule has 1 atom stereocenters. The van der Waals surface area contributed by atoms with E-state index < -0.39 is 11.7 Å². The molecule has 100 valence electrons. The van der Waals surface area contributed by atoms with Crippen LogP contribution in [0.5, 0.6) is 0 Å². The summed E-state index contributed by atoms with van der Waals surface area (Å²) in [5.74, 6) is -0.513. The molecule has 6 nitrogen and oxygen atoms in total. The molecule has 1 unspecified atom stereocenters. The molecule has 0 aromatic heterocycles. The fourth-order valence-corrected chi connectivity index (χ4v) is 0.961. The Hall–Kier alpha value is -1.30. The first-order valence-corrected chi connectivity index (χ1v) is 5.49. The highest BCUT2D eigenvalue weighted by molar-refractivity contribution is 5.79. The molecular weight excluding hydrogens is 224 g/mol. The van der Waals surface area contributed by atoms with Crippen molar-refractivity contribution < 1.29 is 19.1 Å². The van der Waals surface area contributed by atoms with Gasteiger partial charge < -0.3 is 20.1 Å². The fourth-order valence-electron chi connectivity index (χ4n) is 0.961. The Morgan fingerprint density at radius 3 is 2.29 bits per heavy atom. The van der Waals surface area contributed by atoms with Crippen molar-refractivity contribution in [1.82, 2.24) is 10.6 Å². The molecule has 0 fully saturated rings. The molecule has 0 aromatic carbocycles. The second-order valence-electron chi connectivity index (χ2n) is 4.76. The second-order valence-corrected chi connectivity index (χ2v) is 4.76. The Bertz CT molecular complexity index is 261. The van der Waals surface area contributed by atoms with Crippen molar-refractivity contribution in [3.8, 4) is 0 Å². The molecule has 0 rings (SSSR count). The predicted molar refractivity (Wildman–Crippen MR) is 63.4 cm³/mol. The van der Waals surface area contributed by atoms with Crippen molar-refractivity contribution in [3.05, 3.63) is 0 Å². The van der Waals surface area contributed by atoms with Crippen molar-refractivity contribution in [2.75, 3.05) is 20.4 Å². The van der Waals surface area contributed by atoms with Crippen molar-refractivity contribution in [2.45, 2.75) is 33.3 Å². The topological polar surface area (TPSA) is 76.7 Å². The van der Waals surface area contributed by atoms with Gasteiger partial charge in [-0.1, -0.05) is 6.92 Å². The Balaban J connectivity index is 3.87. The van der Waals surface area contributed by atoms with Crippen LogP contribution in [-0.4, -0.2) is 38.0 Å². The van der Waals surface area contributed by atoms with Gasteiger partial charge in [0.2, 0.25) is 5.91 Å². The Kier molecular flexibility index (Phi) is 6.57. The van der Waals surface area contributed by atoms with E-state index >= 15 is 0 Å². The minimum absolute atomic E-state index is 0.162. The average Bonchev–Trinajstić information content (AvgIpc) is 2.20. The van der Waals surface area contributed by atoms with Crippen LogP contribution in [0.2, 0.25) is 0 Å². The lowest BCUT2D eigenvalue weighted by Gasteiger charge is -2.20. The van der Waals surface area contributed by atoms with E-state index in [0.717, 1.165) is 0 Å². The second kappa shape index (κ2) is 7.11. The van der Waals surface area contributed by atoms with Gasteiger partial charge in [-0.15, -0.1) is 0 Å². The molecule has 2 N–H and O–H groups in total. The lowest BCUT2D eigenvalue weighted by Crippen LogP contribution is -2.40. The smallest absolute Gasteiger partial charge is 0.407 e. The first kappa shape index (κ1) is 15.7. The van der Waals surface area contributed by atoms with Crippen LogP contribution < -0.4 is 10.6 Å². The lowest BCUT2D eigenvalue weighted by atomic mass is 10.1. The normalized spacial score (nSPS) is 12.8. The third-order valence-electron chi connectivity index (χ3n) is 1.79. The van der Waals surface area contributed by atoms with Crippen LogP contribution in [0.3, 0.4) is 0 Å². The van der Waals surface area contributed by atoms with Crippen LogP contribution in [0.4, 0.5) is 4.79 Å². The number of alkyl carbamates (subject to hydrolysis) is 1. The van der Waals surface area contributed by atoms with Crippen molar-refractivity contribution >= 4 is 12.0 Å². The van der Waals surface area contributed by atoms with Gasteiger partial charge >= 0.3 is 6.09 Å². The summed E-state index contributed by atoms with van der Waals surface area (Å²) in [6, 6.07) is 0. The molecule has 17 heavy (non-hydrogen) atoms. The summed E-state index contributed by atoms with van der Waals surface area (Å²) >= 11 is 0. The van der Waals surface area contributed by atoms with E-state index in [1.165, 1.54) is 7.11 Å². The molecule has 0 saturated heterocycles. The molecule has 2 amide bonds. The largest absolute Gasteiger partial charge is 0.444 e. The molecule has 0 saturated carbocycles. The highest BCUT2D eigenvalue weighted by atomic mass is 16.6. The number of carbonyl (C=O) groups is 2. The Labute approximate surface area is 102 Å². The van der Waals surface area contributed by atoms with Gasteiger partial charge in [-0.3, -0.25) is 4.79 Å². The molecule has 0 radical (unpaired) electrons. The molecule has 0 aliphatic rings. The Morgan fingerprint density at radius 2 is 1.82 bits per heavy atom. The van der Waals surface area contributed by atoms with E-state index in [1.807, 2.05) is 0 Å². The third kappa shape index (κ3) is 8.50. The van der Waals surface area contributed by atoms with E-state index in [1.54, 1.807) is 27.7 Å². The SMILES string of the molecule is COCNC(=O)C(C)CNC(=O)OC(C)(C)C. The maximum Gasteiger partial charge on any atom is 0.407 e. The molecule has 0 aromatic rings. The average molecular weight is 246 g/mol. The zero-order valence-electron chi connectivity index (χ0n) is 11.1. The van der Waals surface area contributed by atoms with E-state index in [-0.39, 0.29) is 25.1 Å². The molecule has 0 aliphatic carbocycles. The summed E-state index contributed by atoms with van der Waals surface area (Å²) in [7, 11) is 1.49. The highest BCUT2D eigenvalue weighted by Gasteiger charge is 2.18. The highest BCUT2D eigenvalue weighted by Crippen LogP contribution is 2.06. The number of hydrogen-bond donors (Lipinski definition) is 2. The van der Waals surface area contributed by atoms with E-state index in [4.69, 9.17) is 9.47 Å². The van der Waals surface area contributed by atoms with Crippen LogP contribution >= 0.6 is 0 Å². The summed E-state index contributed by atoms with van der Waals surface area (Å²) < 4.78 is 9.75. The Morgan fingerprint density at radius 1 is 1.24 bits per heavy atom. The predicted octanol–water partition coefficient (Wildman–Crippen LogP) is 0.867. The fraction of sp³-hybridized carbons (Fsp3) is 0.818. The number of rotatable bonds is 5. The minimum Gasteiger partial charge on any atom is -0.444 e. The number of methoxy groups -OCH3 is 1. The quantitative estimate of drug-likeness (QED) is 0.706. The summed E-state index contributed by atoms with van der Waals surface area (Å²) in [6.07, 6.45) is -0.524. The molecule has 0 heterocycles. The summed E-state index contributed by atoms with van der Waals surface area (Å²) in [4.78, 5) is 22.7. The third-order valence-corrected chi connectivity index (χ3v) is 1.79. The van der Waals surface area contributed by atoms with Crippen LogP contribution in [0, 0.1) is 5.92 Å². The van der Waals surface area contributed by atoms with Gasteiger partial charge in [-0.25, -0.2) is 4.79 Å². The number of nitrogens with one attached hydrogen (secondary N) is 2. The van der Waals surface area contributed by atoms with Crippen molar-refractivity contribution in [1.29, 1.82) is 0 Å². The molecular formula is C11H22N2O4. The number of carbonyl (C=O) groups excluding carboxylic acids is 2. The van der Waals surface area contributed by atoms with Gasteiger partial charge in [0.25, 0.3) is 0 Å². The number of hydrogen-bond acceptors (Lipinski definition) is 4. The molecule has 0 spiro atoms. The molecule has 0 bridgehead atoms.